The summed E-state index contributed by atoms with van der Waals surface area (Å²) in [4.78, 5) is 24.9. The number of nitrogens with zero attached hydrogens (tertiary/aromatic N) is 4. The normalized spacial score (nSPS) is 18.7. The van der Waals surface area contributed by atoms with Gasteiger partial charge in [0.05, 0.1) is 0 Å². The fourth-order valence-corrected chi connectivity index (χ4v) is 2.43. The maximum Gasteiger partial charge on any atom is 0.247 e. The van der Waals surface area contributed by atoms with Gasteiger partial charge in [0.15, 0.2) is 0 Å². The molecule has 1 fully saturated rings. The Kier molecular flexibility index (Phi) is 3.34. The molecule has 6 nitrogen and oxygen atoms in total. The van der Waals surface area contributed by atoms with Crippen LogP contribution in [-0.4, -0.2) is 53.5 Å². The van der Waals surface area contributed by atoms with Crippen molar-refractivity contribution in [1.82, 2.24) is 14.9 Å². The molecule has 0 atom stereocenters. The Labute approximate surface area is 113 Å². The molecule has 19 heavy (non-hydrogen) atoms. The molecule has 0 unspecified atom stereocenters. The van der Waals surface area contributed by atoms with E-state index in [4.69, 9.17) is 0 Å². The lowest BCUT2D eigenvalue weighted by molar-refractivity contribution is -0.136. The van der Waals surface area contributed by atoms with E-state index >= 15 is 0 Å². The molecular formula is C13H21N5O. The third kappa shape index (κ3) is 2.34. The molecule has 1 aliphatic heterocycles. The Bertz CT molecular complexity index is 500. The fraction of sp³-hybridized carbons (Fsp3) is 0.615. The van der Waals surface area contributed by atoms with Crippen LogP contribution in [0, 0.1) is 6.92 Å². The lowest BCUT2D eigenvalue weighted by Gasteiger charge is -2.45. The summed E-state index contributed by atoms with van der Waals surface area (Å²) in [5, 5.41) is 3.02. The first kappa shape index (κ1) is 13.6. The first-order valence-corrected chi connectivity index (χ1v) is 6.43. The van der Waals surface area contributed by atoms with Gasteiger partial charge < -0.3 is 15.1 Å². The molecule has 0 aromatic carbocycles. The van der Waals surface area contributed by atoms with E-state index in [-0.39, 0.29) is 5.91 Å². The molecule has 0 saturated carbocycles. The Balaban J connectivity index is 2.41. The monoisotopic (exact) mass is 263 g/mol. The number of carbonyl (C=O) groups excluding carboxylic acids is 1. The summed E-state index contributed by atoms with van der Waals surface area (Å²) in [6, 6.07) is 1.88. The topological polar surface area (TPSA) is 61.4 Å². The number of carbonyl (C=O) groups is 1. The average Bonchev–Trinajstić information content (AvgIpc) is 2.35. The Morgan fingerprint density at radius 3 is 2.63 bits per heavy atom. The highest BCUT2D eigenvalue weighted by atomic mass is 16.2. The number of rotatable bonds is 2. The highest BCUT2D eigenvalue weighted by molar-refractivity contribution is 5.90. The van der Waals surface area contributed by atoms with Crippen LogP contribution in [0.15, 0.2) is 6.07 Å². The quantitative estimate of drug-likeness (QED) is 0.858. The van der Waals surface area contributed by atoms with Gasteiger partial charge in [-0.25, -0.2) is 9.97 Å². The van der Waals surface area contributed by atoms with E-state index in [0.717, 1.165) is 18.2 Å². The van der Waals surface area contributed by atoms with E-state index in [1.54, 1.807) is 4.90 Å². The van der Waals surface area contributed by atoms with E-state index in [2.05, 4.69) is 15.3 Å². The minimum Gasteiger partial charge on any atom is -0.373 e. The van der Waals surface area contributed by atoms with Crippen molar-refractivity contribution in [3.63, 3.8) is 0 Å². The van der Waals surface area contributed by atoms with Crippen molar-refractivity contribution in [2.45, 2.75) is 26.3 Å². The Morgan fingerprint density at radius 2 is 2.00 bits per heavy atom. The smallest absolute Gasteiger partial charge is 0.247 e. The molecule has 2 heterocycles. The van der Waals surface area contributed by atoms with E-state index in [1.165, 1.54) is 0 Å². The van der Waals surface area contributed by atoms with Gasteiger partial charge in [-0.3, -0.25) is 4.79 Å². The van der Waals surface area contributed by atoms with Crippen LogP contribution in [0.25, 0.3) is 0 Å². The second-order valence-electron chi connectivity index (χ2n) is 5.35. The highest BCUT2D eigenvalue weighted by Crippen LogP contribution is 2.28. The number of piperazine rings is 1. The summed E-state index contributed by atoms with van der Waals surface area (Å²) >= 11 is 0. The molecule has 0 spiro atoms. The number of amides is 1. The van der Waals surface area contributed by atoms with E-state index in [9.17, 15) is 4.79 Å². The average molecular weight is 263 g/mol. The Hall–Kier alpha value is -1.85. The van der Waals surface area contributed by atoms with Crippen molar-refractivity contribution in [3.8, 4) is 0 Å². The minimum atomic E-state index is -0.585. The number of nitrogens with one attached hydrogen (secondary N) is 1. The highest BCUT2D eigenvalue weighted by Gasteiger charge is 2.41. The number of aryl methyl sites for hydroxylation is 1. The van der Waals surface area contributed by atoms with Crippen molar-refractivity contribution in [1.29, 1.82) is 0 Å². The van der Waals surface area contributed by atoms with Crippen LogP contribution < -0.4 is 10.2 Å². The maximum absolute atomic E-state index is 12.3. The summed E-state index contributed by atoms with van der Waals surface area (Å²) in [5.74, 6) is 2.37. The molecule has 0 aliphatic carbocycles. The van der Waals surface area contributed by atoms with Crippen LogP contribution in [0.1, 0.15) is 19.7 Å². The van der Waals surface area contributed by atoms with Gasteiger partial charge in [-0.1, -0.05) is 0 Å². The van der Waals surface area contributed by atoms with Gasteiger partial charge in [-0.15, -0.1) is 0 Å². The van der Waals surface area contributed by atoms with Crippen molar-refractivity contribution in [2.24, 2.45) is 0 Å². The molecule has 1 aliphatic rings. The number of hydrogen-bond acceptors (Lipinski definition) is 5. The maximum atomic E-state index is 12.3. The van der Waals surface area contributed by atoms with Crippen molar-refractivity contribution < 1.29 is 4.79 Å². The first-order chi connectivity index (χ1) is 8.86. The lowest BCUT2D eigenvalue weighted by atomic mass is 9.98. The number of hydrogen-bond donors (Lipinski definition) is 1. The molecule has 104 valence electrons. The van der Waals surface area contributed by atoms with E-state index in [0.29, 0.717) is 12.4 Å². The van der Waals surface area contributed by atoms with Crippen LogP contribution in [0.5, 0.6) is 0 Å². The second-order valence-corrected chi connectivity index (χ2v) is 5.35. The molecular weight excluding hydrogens is 242 g/mol. The van der Waals surface area contributed by atoms with Gasteiger partial charge in [0.25, 0.3) is 0 Å². The molecule has 1 N–H and O–H groups in total. The predicted octanol–water partition coefficient (Wildman–Crippen LogP) is 0.884. The molecule has 6 heteroatoms. The number of likely N-dealkylation sites (N-methyl/N-ethyl adjacent to an activating group) is 1. The fourth-order valence-electron chi connectivity index (χ4n) is 2.43. The van der Waals surface area contributed by atoms with Crippen LogP contribution in [0.4, 0.5) is 11.6 Å². The number of anilines is 2. The van der Waals surface area contributed by atoms with Crippen molar-refractivity contribution >= 4 is 17.5 Å². The zero-order valence-electron chi connectivity index (χ0n) is 12.2. The molecule has 2 rings (SSSR count). The second kappa shape index (κ2) is 4.68. The summed E-state index contributed by atoms with van der Waals surface area (Å²) in [6.45, 7) is 7.20. The van der Waals surface area contributed by atoms with Crippen molar-refractivity contribution in [3.05, 3.63) is 11.9 Å². The summed E-state index contributed by atoms with van der Waals surface area (Å²) < 4.78 is 0. The Morgan fingerprint density at radius 1 is 1.32 bits per heavy atom. The van der Waals surface area contributed by atoms with E-state index < -0.39 is 5.54 Å². The third-order valence-electron chi connectivity index (χ3n) is 3.56. The summed E-state index contributed by atoms with van der Waals surface area (Å²) in [5.41, 5.74) is -0.585. The van der Waals surface area contributed by atoms with Crippen LogP contribution in [0.2, 0.25) is 0 Å². The van der Waals surface area contributed by atoms with Crippen LogP contribution in [-0.2, 0) is 4.79 Å². The molecule has 1 aromatic heterocycles. The SMILES string of the molecule is CNc1cc(N2CCN(C)C(=O)C2(C)C)nc(C)n1. The summed E-state index contributed by atoms with van der Waals surface area (Å²) in [7, 11) is 3.66. The zero-order valence-corrected chi connectivity index (χ0v) is 12.2. The van der Waals surface area contributed by atoms with Gasteiger partial charge in [-0.2, -0.15) is 0 Å². The summed E-state index contributed by atoms with van der Waals surface area (Å²) in [6.07, 6.45) is 0. The predicted molar refractivity (Wildman–Crippen MR) is 75.4 cm³/mol. The van der Waals surface area contributed by atoms with Crippen molar-refractivity contribution in [2.75, 3.05) is 37.4 Å². The minimum absolute atomic E-state index is 0.112. The zero-order chi connectivity index (χ0) is 14.2. The number of aromatic nitrogens is 2. The van der Waals surface area contributed by atoms with Gasteiger partial charge in [0, 0.05) is 33.3 Å². The first-order valence-electron chi connectivity index (χ1n) is 6.43. The van der Waals surface area contributed by atoms with Crippen LogP contribution >= 0.6 is 0 Å². The van der Waals surface area contributed by atoms with Gasteiger partial charge >= 0.3 is 0 Å². The molecule has 0 radical (unpaired) electrons. The lowest BCUT2D eigenvalue weighted by Crippen LogP contribution is -2.62. The third-order valence-corrected chi connectivity index (χ3v) is 3.56. The van der Waals surface area contributed by atoms with Gasteiger partial charge in [0.2, 0.25) is 5.91 Å². The van der Waals surface area contributed by atoms with Gasteiger partial charge in [-0.05, 0) is 20.8 Å². The largest absolute Gasteiger partial charge is 0.373 e. The molecule has 1 amide bonds. The van der Waals surface area contributed by atoms with Gasteiger partial charge in [0.1, 0.15) is 23.0 Å². The molecule has 1 aromatic rings. The standard InChI is InChI=1S/C13H21N5O/c1-9-15-10(14-4)8-11(16-9)18-7-6-17(5)12(19)13(18,2)3/h8H,6-7H2,1-5H3,(H,14,15,16). The molecule has 1 saturated heterocycles. The molecule has 0 bridgehead atoms. The van der Waals surface area contributed by atoms with Crippen LogP contribution in [0.3, 0.4) is 0 Å². The van der Waals surface area contributed by atoms with E-state index in [1.807, 2.05) is 45.8 Å².